The van der Waals surface area contributed by atoms with Crippen LogP contribution in [0.3, 0.4) is 0 Å². The van der Waals surface area contributed by atoms with Gasteiger partial charge in [-0.25, -0.2) is 15.0 Å². The molecular formula is C18H15Cl2N4O3S+. The topological polar surface area (TPSA) is 111 Å². The Morgan fingerprint density at radius 3 is 2.71 bits per heavy atom. The summed E-state index contributed by atoms with van der Waals surface area (Å²) in [6, 6.07) is 12.1. The maximum atomic E-state index is 11.5. The van der Waals surface area contributed by atoms with Gasteiger partial charge in [0, 0.05) is 29.0 Å². The zero-order valence-electron chi connectivity index (χ0n) is 14.3. The Labute approximate surface area is 174 Å². The first kappa shape index (κ1) is 20.2. The van der Waals surface area contributed by atoms with Crippen molar-refractivity contribution in [2.24, 2.45) is 5.10 Å². The van der Waals surface area contributed by atoms with Gasteiger partial charge < -0.3 is 5.11 Å². The van der Waals surface area contributed by atoms with E-state index in [1.807, 2.05) is 0 Å². The molecule has 0 aliphatic carbocycles. The van der Waals surface area contributed by atoms with Crippen molar-refractivity contribution in [2.75, 3.05) is 5.43 Å². The third-order valence-electron chi connectivity index (χ3n) is 3.80. The molecule has 0 amide bonds. The normalized spacial score (nSPS) is 11.5. The van der Waals surface area contributed by atoms with Crippen molar-refractivity contribution in [1.29, 1.82) is 0 Å². The fourth-order valence-corrected chi connectivity index (χ4v) is 3.35. The Hall–Kier alpha value is -2.49. The van der Waals surface area contributed by atoms with Gasteiger partial charge in [0.2, 0.25) is 5.13 Å². The van der Waals surface area contributed by atoms with Crippen molar-refractivity contribution in [2.45, 2.75) is 6.42 Å². The van der Waals surface area contributed by atoms with Crippen LogP contribution in [-0.2, 0) is 11.2 Å². The average molecular weight is 438 g/mol. The number of aromatic nitrogens is 1. The van der Waals surface area contributed by atoms with Crippen LogP contribution in [0.4, 0.5) is 10.8 Å². The molecular weight excluding hydrogens is 423 g/mol. The van der Waals surface area contributed by atoms with Gasteiger partial charge in [0.25, 0.3) is 0 Å². The van der Waals surface area contributed by atoms with Crippen LogP contribution in [-0.4, -0.2) is 27.0 Å². The highest BCUT2D eigenvalue weighted by molar-refractivity contribution is 7.14. The van der Waals surface area contributed by atoms with Crippen molar-refractivity contribution in [3.8, 4) is 11.3 Å². The Balaban J connectivity index is 1.78. The first-order chi connectivity index (χ1) is 13.5. The fourth-order valence-electron chi connectivity index (χ4n) is 2.39. The molecule has 7 nitrogen and oxygen atoms in total. The number of quaternary nitrogens is 1. The number of carboxylic acids is 1. The lowest BCUT2D eigenvalue weighted by molar-refractivity contribution is -0.826. The summed E-state index contributed by atoms with van der Waals surface area (Å²) < 4.78 is 0. The number of nitrogens with one attached hydrogen (secondary N) is 1. The van der Waals surface area contributed by atoms with Crippen molar-refractivity contribution in [3.63, 3.8) is 0 Å². The van der Waals surface area contributed by atoms with E-state index in [-0.39, 0.29) is 12.1 Å². The highest BCUT2D eigenvalue weighted by Crippen LogP contribution is 2.30. The number of hydrazone groups is 1. The Morgan fingerprint density at radius 2 is 2.00 bits per heavy atom. The average Bonchev–Trinajstić information content (AvgIpc) is 3.16. The van der Waals surface area contributed by atoms with E-state index in [1.54, 1.807) is 47.8 Å². The van der Waals surface area contributed by atoms with Crippen molar-refractivity contribution < 1.29 is 20.6 Å². The van der Waals surface area contributed by atoms with Crippen LogP contribution in [0.2, 0.25) is 10.0 Å². The van der Waals surface area contributed by atoms with E-state index in [4.69, 9.17) is 23.2 Å². The summed E-state index contributed by atoms with van der Waals surface area (Å²) >= 11 is 13.2. The second-order valence-corrected chi connectivity index (χ2v) is 7.32. The molecule has 0 saturated carbocycles. The van der Waals surface area contributed by atoms with Crippen LogP contribution in [0.15, 0.2) is 52.9 Å². The van der Waals surface area contributed by atoms with Crippen molar-refractivity contribution >= 4 is 57.0 Å². The van der Waals surface area contributed by atoms with Gasteiger partial charge >= 0.3 is 5.97 Å². The van der Waals surface area contributed by atoms with Gasteiger partial charge in [-0.2, -0.15) is 10.6 Å². The molecule has 0 aliphatic heterocycles. The molecule has 0 aliphatic rings. The summed E-state index contributed by atoms with van der Waals surface area (Å²) in [6.45, 7) is 0. The van der Waals surface area contributed by atoms with Crippen LogP contribution in [0, 0.1) is 0 Å². The molecule has 3 rings (SSSR count). The first-order valence-corrected chi connectivity index (χ1v) is 9.63. The lowest BCUT2D eigenvalue weighted by Crippen LogP contribution is -2.74. The molecule has 1 aromatic heterocycles. The molecule has 0 unspecified atom stereocenters. The van der Waals surface area contributed by atoms with E-state index >= 15 is 0 Å². The van der Waals surface area contributed by atoms with Gasteiger partial charge in [-0.15, -0.1) is 11.3 Å². The number of thiazole rings is 1. The third-order valence-corrected chi connectivity index (χ3v) is 5.29. The molecule has 0 fully saturated rings. The van der Waals surface area contributed by atoms with E-state index in [2.05, 4.69) is 15.5 Å². The largest absolute Gasteiger partial charge is 0.477 e. The summed E-state index contributed by atoms with van der Waals surface area (Å²) in [5, 5.41) is 25.8. The molecule has 0 bridgehead atoms. The second-order valence-electron chi connectivity index (χ2n) is 5.65. The predicted octanol–water partition coefficient (Wildman–Crippen LogP) is 3.80. The number of benzene rings is 2. The van der Waals surface area contributed by atoms with E-state index in [0.717, 1.165) is 11.0 Å². The van der Waals surface area contributed by atoms with E-state index in [9.17, 15) is 15.1 Å². The SMILES string of the molecule is O=C(O)/C(Cc1ccccc1[NH2+]O)=N/Nc1nc(-c2ccc(Cl)c(Cl)c2)cs1. The molecule has 3 aromatic rings. The minimum Gasteiger partial charge on any atom is -0.477 e. The van der Waals surface area contributed by atoms with E-state index < -0.39 is 5.97 Å². The molecule has 2 aromatic carbocycles. The van der Waals surface area contributed by atoms with Crippen LogP contribution in [0.5, 0.6) is 0 Å². The quantitative estimate of drug-likeness (QED) is 0.255. The first-order valence-electron chi connectivity index (χ1n) is 8.00. The Morgan fingerprint density at radius 1 is 1.21 bits per heavy atom. The zero-order valence-corrected chi connectivity index (χ0v) is 16.6. The van der Waals surface area contributed by atoms with Gasteiger partial charge in [-0.05, 0) is 12.1 Å². The maximum Gasteiger partial charge on any atom is 0.352 e. The summed E-state index contributed by atoms with van der Waals surface area (Å²) in [4.78, 5) is 15.9. The summed E-state index contributed by atoms with van der Waals surface area (Å²) in [6.07, 6.45) is 0.0423. The maximum absolute atomic E-state index is 11.5. The molecule has 0 saturated heterocycles. The number of aliphatic carboxylic acids is 1. The molecule has 10 heteroatoms. The molecule has 0 radical (unpaired) electrons. The molecule has 144 valence electrons. The highest BCUT2D eigenvalue weighted by atomic mass is 35.5. The predicted molar refractivity (Wildman–Crippen MR) is 110 cm³/mol. The highest BCUT2D eigenvalue weighted by Gasteiger charge is 2.15. The third kappa shape index (κ3) is 4.86. The minimum atomic E-state index is -1.17. The smallest absolute Gasteiger partial charge is 0.352 e. The number of rotatable bonds is 7. The number of anilines is 1. The van der Waals surface area contributed by atoms with Crippen molar-refractivity contribution in [3.05, 3.63) is 63.5 Å². The van der Waals surface area contributed by atoms with Gasteiger partial charge in [-0.1, -0.05) is 47.5 Å². The minimum absolute atomic E-state index is 0.0423. The van der Waals surface area contributed by atoms with Gasteiger partial charge in [0.05, 0.1) is 15.7 Å². The summed E-state index contributed by atoms with van der Waals surface area (Å²) in [5.74, 6) is -1.17. The number of hydrogen-bond acceptors (Lipinski definition) is 6. The summed E-state index contributed by atoms with van der Waals surface area (Å²) in [7, 11) is 0. The number of carboxylic acid groups (broad SMARTS) is 1. The molecule has 0 spiro atoms. The van der Waals surface area contributed by atoms with Gasteiger partial charge in [0.1, 0.15) is 5.71 Å². The molecule has 0 atom stereocenters. The molecule has 28 heavy (non-hydrogen) atoms. The number of halogens is 2. The zero-order chi connectivity index (χ0) is 20.1. The lowest BCUT2D eigenvalue weighted by Gasteiger charge is -2.04. The van der Waals surface area contributed by atoms with E-state index in [0.29, 0.717) is 32.1 Å². The van der Waals surface area contributed by atoms with Crippen LogP contribution < -0.4 is 10.9 Å². The van der Waals surface area contributed by atoms with Gasteiger partial charge in [0.15, 0.2) is 5.69 Å². The lowest BCUT2D eigenvalue weighted by atomic mass is 10.1. The van der Waals surface area contributed by atoms with Crippen LogP contribution in [0.25, 0.3) is 11.3 Å². The van der Waals surface area contributed by atoms with Crippen LogP contribution >= 0.6 is 34.5 Å². The monoisotopic (exact) mass is 437 g/mol. The number of nitrogens with zero attached hydrogens (tertiary/aromatic N) is 2. The number of nitrogens with two attached hydrogens (primary N) is 1. The number of para-hydroxylation sites is 1. The number of carbonyl (C=O) groups is 1. The van der Waals surface area contributed by atoms with Crippen LogP contribution in [0.1, 0.15) is 5.56 Å². The standard InChI is InChI=1S/C18H14Cl2N4O3S/c19-12-6-5-11(7-13(12)20)16-9-28-18(21-16)23-22-15(17(25)26)8-10-3-1-2-4-14(10)24-27/h1-7,9,24,27H,8H2,(H,21,23)(H,25,26)/p+1/b22-15+. The Bertz CT molecular complexity index is 1040. The summed E-state index contributed by atoms with van der Waals surface area (Å²) in [5.41, 5.74) is 6.14. The fraction of sp³-hybridized carbons (Fsp3) is 0.0556. The molecule has 5 N–H and O–H groups in total. The van der Waals surface area contributed by atoms with Gasteiger partial charge in [-0.3, -0.25) is 5.43 Å². The van der Waals surface area contributed by atoms with Crippen molar-refractivity contribution in [1.82, 2.24) is 4.98 Å². The molecule has 1 heterocycles. The number of hydrogen-bond donors (Lipinski definition) is 4. The second kappa shape index (κ2) is 9.13. The Kier molecular flexibility index (Phi) is 6.61. The van der Waals surface area contributed by atoms with E-state index in [1.165, 1.54) is 11.3 Å².